The van der Waals surface area contributed by atoms with Gasteiger partial charge in [0.1, 0.15) is 11.7 Å². The van der Waals surface area contributed by atoms with Crippen LogP contribution in [0.1, 0.15) is 50.2 Å². The summed E-state index contributed by atoms with van der Waals surface area (Å²) in [5.74, 6) is -2.92. The Bertz CT molecular complexity index is 1280. The molecule has 0 saturated carbocycles. The van der Waals surface area contributed by atoms with E-state index in [1.165, 1.54) is 0 Å². The smallest absolute Gasteiger partial charge is 0.336 e. The fourth-order valence-electron chi connectivity index (χ4n) is 5.20. The summed E-state index contributed by atoms with van der Waals surface area (Å²) in [7, 11) is 1.59. The van der Waals surface area contributed by atoms with Gasteiger partial charge < -0.3 is 19.5 Å². The first-order chi connectivity index (χ1) is 17.8. The maximum atomic E-state index is 14.3. The van der Waals surface area contributed by atoms with Crippen LogP contribution in [0.25, 0.3) is 0 Å². The van der Waals surface area contributed by atoms with Crippen molar-refractivity contribution in [1.82, 2.24) is 5.32 Å². The molecule has 7 nitrogen and oxygen atoms in total. The molecular weight excluding hydrogens is 538 g/mol. The molecule has 0 fully saturated rings. The summed E-state index contributed by atoms with van der Waals surface area (Å²) in [6, 6.07) is 14.9. The van der Waals surface area contributed by atoms with Crippen molar-refractivity contribution in [3.8, 4) is 5.75 Å². The number of dihydropyridines is 1. The van der Waals surface area contributed by atoms with Gasteiger partial charge in [0.15, 0.2) is 5.78 Å². The van der Waals surface area contributed by atoms with Gasteiger partial charge in [-0.25, -0.2) is 4.79 Å². The van der Waals surface area contributed by atoms with Crippen molar-refractivity contribution in [3.05, 3.63) is 86.7 Å². The standard InChI is InChI=1S/C29H30BrNO6/c1-5-36-28(33)23-16(3)31-22-15-21(17-10-12-20(35-4)13-11-17)25(29(34)37-6-2)27(32)26(22)24(23)18-8-7-9-19(30)14-18/h7-14,21,24-25,31H,5-6,15H2,1-4H3/t21-,24-,25+/m1/s1. The molecule has 2 aromatic rings. The normalized spacial score (nSPS) is 21.2. The lowest BCUT2D eigenvalue weighted by Crippen LogP contribution is -2.43. The molecule has 2 aromatic carbocycles. The Morgan fingerprint density at radius 2 is 1.73 bits per heavy atom. The molecule has 1 aliphatic heterocycles. The van der Waals surface area contributed by atoms with Gasteiger partial charge in [0.2, 0.25) is 0 Å². The van der Waals surface area contributed by atoms with E-state index < -0.39 is 29.7 Å². The molecule has 1 aliphatic carbocycles. The van der Waals surface area contributed by atoms with Crippen LogP contribution in [0, 0.1) is 5.92 Å². The third-order valence-electron chi connectivity index (χ3n) is 6.78. The van der Waals surface area contributed by atoms with Gasteiger partial charge in [-0.05, 0) is 62.6 Å². The lowest BCUT2D eigenvalue weighted by molar-refractivity contribution is -0.152. The number of ether oxygens (including phenoxy) is 3. The second-order valence-electron chi connectivity index (χ2n) is 8.94. The molecule has 3 atom stereocenters. The average Bonchev–Trinajstić information content (AvgIpc) is 2.88. The largest absolute Gasteiger partial charge is 0.497 e. The second-order valence-corrected chi connectivity index (χ2v) is 9.86. The number of halogens is 1. The number of hydrogen-bond donors (Lipinski definition) is 1. The maximum Gasteiger partial charge on any atom is 0.336 e. The minimum absolute atomic E-state index is 0.157. The van der Waals surface area contributed by atoms with Crippen LogP contribution in [-0.4, -0.2) is 38.0 Å². The van der Waals surface area contributed by atoms with Gasteiger partial charge in [-0.1, -0.05) is 40.2 Å². The Balaban J connectivity index is 1.88. The second kappa shape index (κ2) is 11.3. The van der Waals surface area contributed by atoms with Crippen molar-refractivity contribution in [1.29, 1.82) is 0 Å². The molecule has 8 heteroatoms. The molecule has 4 rings (SSSR count). The number of carbonyl (C=O) groups excluding carboxylic acids is 3. The SMILES string of the molecule is CCOC(=O)C1=C(C)NC2=C(C(=O)[C@@H](C(=O)OCC)[C@@H](c3ccc(OC)cc3)C2)[C@@H]1c1cccc(Br)c1. The van der Waals surface area contributed by atoms with Gasteiger partial charge in [-0.2, -0.15) is 0 Å². The van der Waals surface area contributed by atoms with Crippen LogP contribution in [0.4, 0.5) is 0 Å². The van der Waals surface area contributed by atoms with E-state index in [0.29, 0.717) is 34.7 Å². The van der Waals surface area contributed by atoms with Crippen molar-refractivity contribution in [2.45, 2.75) is 39.0 Å². The Hall–Kier alpha value is -3.39. The first-order valence-corrected chi connectivity index (χ1v) is 13.1. The van der Waals surface area contributed by atoms with Crippen LogP contribution in [0.15, 0.2) is 75.5 Å². The highest BCUT2D eigenvalue weighted by Crippen LogP contribution is 2.48. The number of benzene rings is 2. The molecule has 1 heterocycles. The quantitative estimate of drug-likeness (QED) is 0.364. The Labute approximate surface area is 225 Å². The predicted octanol–water partition coefficient (Wildman–Crippen LogP) is 5.17. The highest BCUT2D eigenvalue weighted by molar-refractivity contribution is 9.10. The number of allylic oxidation sites excluding steroid dienone is 3. The van der Waals surface area contributed by atoms with E-state index in [4.69, 9.17) is 14.2 Å². The third-order valence-corrected chi connectivity index (χ3v) is 7.27. The van der Waals surface area contributed by atoms with Gasteiger partial charge in [0, 0.05) is 33.3 Å². The first-order valence-electron chi connectivity index (χ1n) is 12.3. The minimum atomic E-state index is -1.05. The number of nitrogens with one attached hydrogen (secondary N) is 1. The summed E-state index contributed by atoms with van der Waals surface area (Å²) in [6.45, 7) is 5.63. The van der Waals surface area contributed by atoms with Crippen LogP contribution >= 0.6 is 15.9 Å². The molecule has 0 saturated heterocycles. The predicted molar refractivity (Wildman–Crippen MR) is 142 cm³/mol. The molecule has 37 heavy (non-hydrogen) atoms. The third kappa shape index (κ3) is 5.21. The molecule has 1 N–H and O–H groups in total. The molecule has 0 bridgehead atoms. The highest BCUT2D eigenvalue weighted by atomic mass is 79.9. The fourth-order valence-corrected chi connectivity index (χ4v) is 5.62. The van der Waals surface area contributed by atoms with Crippen molar-refractivity contribution >= 4 is 33.7 Å². The van der Waals surface area contributed by atoms with E-state index in [1.54, 1.807) is 21.0 Å². The minimum Gasteiger partial charge on any atom is -0.497 e. The average molecular weight is 568 g/mol. The molecule has 0 spiro atoms. The molecule has 0 unspecified atom stereocenters. The van der Waals surface area contributed by atoms with Crippen LogP contribution < -0.4 is 10.1 Å². The molecule has 0 radical (unpaired) electrons. The zero-order chi connectivity index (χ0) is 26.7. The number of carbonyl (C=O) groups is 3. The van der Waals surface area contributed by atoms with E-state index in [0.717, 1.165) is 15.6 Å². The monoisotopic (exact) mass is 567 g/mol. The molecule has 194 valence electrons. The number of Topliss-reactive ketones (excluding diaryl/α,β-unsaturated/α-hetero) is 1. The van der Waals surface area contributed by atoms with Crippen molar-refractivity contribution in [2.24, 2.45) is 5.92 Å². The summed E-state index contributed by atoms with van der Waals surface area (Å²) in [5, 5.41) is 3.32. The maximum absolute atomic E-state index is 14.3. The Morgan fingerprint density at radius 3 is 2.35 bits per heavy atom. The number of hydrogen-bond acceptors (Lipinski definition) is 7. The summed E-state index contributed by atoms with van der Waals surface area (Å²) < 4.78 is 16.9. The van der Waals surface area contributed by atoms with E-state index in [9.17, 15) is 14.4 Å². The van der Waals surface area contributed by atoms with E-state index in [-0.39, 0.29) is 19.0 Å². The zero-order valence-electron chi connectivity index (χ0n) is 21.3. The number of rotatable bonds is 7. The van der Waals surface area contributed by atoms with Crippen molar-refractivity contribution < 1.29 is 28.6 Å². The topological polar surface area (TPSA) is 90.9 Å². The summed E-state index contributed by atoms with van der Waals surface area (Å²) in [5.41, 5.74) is 3.66. The molecule has 2 aliphatic rings. The van der Waals surface area contributed by atoms with Crippen molar-refractivity contribution in [3.63, 3.8) is 0 Å². The van der Waals surface area contributed by atoms with Crippen molar-refractivity contribution in [2.75, 3.05) is 20.3 Å². The van der Waals surface area contributed by atoms with Gasteiger partial charge >= 0.3 is 11.9 Å². The van der Waals surface area contributed by atoms with Crippen LogP contribution in [-0.2, 0) is 23.9 Å². The lowest BCUT2D eigenvalue weighted by Gasteiger charge is -2.39. The van der Waals surface area contributed by atoms with Gasteiger partial charge in [-0.15, -0.1) is 0 Å². The zero-order valence-corrected chi connectivity index (χ0v) is 22.9. The fraction of sp³-hybridized carbons (Fsp3) is 0.345. The van der Waals surface area contributed by atoms with Crippen LogP contribution in [0.3, 0.4) is 0 Å². The molecule has 0 amide bonds. The number of ketones is 1. The Kier molecular flexibility index (Phi) is 8.17. The Morgan fingerprint density at radius 1 is 1.03 bits per heavy atom. The summed E-state index contributed by atoms with van der Waals surface area (Å²) in [6.07, 6.45) is 0.398. The number of esters is 2. The van der Waals surface area contributed by atoms with E-state index >= 15 is 0 Å². The highest BCUT2D eigenvalue weighted by Gasteiger charge is 2.49. The van der Waals surface area contributed by atoms with Crippen LogP contribution in [0.2, 0.25) is 0 Å². The van der Waals surface area contributed by atoms with Gasteiger partial charge in [0.05, 0.1) is 25.9 Å². The van der Waals surface area contributed by atoms with Crippen LogP contribution in [0.5, 0.6) is 5.75 Å². The summed E-state index contributed by atoms with van der Waals surface area (Å²) >= 11 is 3.51. The van der Waals surface area contributed by atoms with E-state index in [1.807, 2.05) is 55.5 Å². The van der Waals surface area contributed by atoms with E-state index in [2.05, 4.69) is 21.2 Å². The lowest BCUT2D eigenvalue weighted by atomic mass is 9.67. The first kappa shape index (κ1) is 26.7. The molecular formula is C29H30BrNO6. The van der Waals surface area contributed by atoms with Gasteiger partial charge in [0.25, 0.3) is 0 Å². The number of methoxy groups -OCH3 is 1. The summed E-state index contributed by atoms with van der Waals surface area (Å²) in [4.78, 5) is 40.7. The molecule has 0 aromatic heterocycles. The van der Waals surface area contributed by atoms with Gasteiger partial charge in [-0.3, -0.25) is 9.59 Å².